The van der Waals surface area contributed by atoms with Crippen molar-refractivity contribution < 1.29 is 0 Å². The first kappa shape index (κ1) is 16.5. The van der Waals surface area contributed by atoms with Crippen LogP contribution in [-0.4, -0.2) is 51.3 Å². The minimum Gasteiger partial charge on any atom is -0.298 e. The maximum Gasteiger partial charge on any atom is 0.0537 e. The molecule has 2 aromatic rings. The Labute approximate surface area is 156 Å². The van der Waals surface area contributed by atoms with Gasteiger partial charge in [0.2, 0.25) is 0 Å². The second kappa shape index (κ2) is 6.50. The van der Waals surface area contributed by atoms with Gasteiger partial charge >= 0.3 is 0 Å². The summed E-state index contributed by atoms with van der Waals surface area (Å²) in [6.45, 7) is 7.06. The van der Waals surface area contributed by atoms with Crippen molar-refractivity contribution in [3.63, 3.8) is 0 Å². The van der Waals surface area contributed by atoms with Crippen LogP contribution >= 0.6 is 0 Å². The van der Waals surface area contributed by atoms with E-state index in [0.717, 1.165) is 18.5 Å². The van der Waals surface area contributed by atoms with E-state index in [1.165, 1.54) is 56.6 Å². The van der Waals surface area contributed by atoms with Crippen molar-refractivity contribution >= 4 is 0 Å². The molecule has 3 aliphatic heterocycles. The van der Waals surface area contributed by atoms with E-state index >= 15 is 0 Å². The predicted octanol–water partition coefficient (Wildman–Crippen LogP) is 2.79. The number of hydrogen-bond donors (Lipinski definition) is 0. The van der Waals surface area contributed by atoms with E-state index in [-0.39, 0.29) is 0 Å². The summed E-state index contributed by atoms with van der Waals surface area (Å²) in [5.41, 5.74) is 5.88. The fourth-order valence-electron chi connectivity index (χ4n) is 5.42. The fraction of sp³-hybridized carbons (Fsp3) is 0.591. The number of hydrogen-bond acceptors (Lipinski definition) is 3. The van der Waals surface area contributed by atoms with Gasteiger partial charge in [0.05, 0.1) is 6.20 Å². The summed E-state index contributed by atoms with van der Waals surface area (Å²) >= 11 is 0. The summed E-state index contributed by atoms with van der Waals surface area (Å²) in [4.78, 5) is 5.58. The first-order chi connectivity index (χ1) is 12.7. The van der Waals surface area contributed by atoms with Gasteiger partial charge in [0, 0.05) is 56.6 Å². The molecule has 1 aromatic carbocycles. The molecule has 4 nitrogen and oxygen atoms in total. The molecular weight excluding hydrogens is 320 g/mol. The zero-order chi connectivity index (χ0) is 17.7. The molecule has 1 aliphatic carbocycles. The zero-order valence-electron chi connectivity index (χ0n) is 16.1. The largest absolute Gasteiger partial charge is 0.298 e. The number of fused-ring (bicyclic) bond motifs is 5. The third-order valence-corrected chi connectivity index (χ3v) is 7.11. The van der Waals surface area contributed by atoms with Gasteiger partial charge in [-0.1, -0.05) is 24.3 Å². The number of aryl methyl sites for hydroxylation is 1. The maximum absolute atomic E-state index is 4.45. The monoisotopic (exact) mass is 350 g/mol. The van der Waals surface area contributed by atoms with Crippen molar-refractivity contribution in [2.75, 3.05) is 19.6 Å². The van der Waals surface area contributed by atoms with Crippen molar-refractivity contribution in [3.8, 4) is 0 Å². The highest BCUT2D eigenvalue weighted by molar-refractivity contribution is 5.33. The Kier molecular flexibility index (Phi) is 4.13. The van der Waals surface area contributed by atoms with E-state index in [0.29, 0.717) is 6.04 Å². The van der Waals surface area contributed by atoms with Gasteiger partial charge in [-0.25, -0.2) is 0 Å². The van der Waals surface area contributed by atoms with Gasteiger partial charge in [0.1, 0.15) is 0 Å². The highest BCUT2D eigenvalue weighted by atomic mass is 15.3. The first-order valence-electron chi connectivity index (χ1n) is 10.2. The highest BCUT2D eigenvalue weighted by Gasteiger charge is 2.38. The van der Waals surface area contributed by atoms with Crippen LogP contribution in [0.15, 0.2) is 30.5 Å². The lowest BCUT2D eigenvalue weighted by Crippen LogP contribution is -2.44. The van der Waals surface area contributed by atoms with Gasteiger partial charge in [-0.2, -0.15) is 5.10 Å². The Bertz CT molecular complexity index is 770. The summed E-state index contributed by atoms with van der Waals surface area (Å²) < 4.78 is 2.01. The maximum atomic E-state index is 4.45. The van der Waals surface area contributed by atoms with Crippen molar-refractivity contribution in [1.29, 1.82) is 0 Å². The summed E-state index contributed by atoms with van der Waals surface area (Å²) in [5, 5.41) is 4.45. The summed E-state index contributed by atoms with van der Waals surface area (Å²) in [6, 6.07) is 10.5. The van der Waals surface area contributed by atoms with Crippen LogP contribution < -0.4 is 0 Å². The van der Waals surface area contributed by atoms with Crippen LogP contribution in [0.4, 0.5) is 0 Å². The molecule has 2 bridgehead atoms. The number of aromatic nitrogens is 2. The van der Waals surface area contributed by atoms with Gasteiger partial charge < -0.3 is 0 Å². The van der Waals surface area contributed by atoms with Crippen molar-refractivity contribution in [2.24, 2.45) is 13.0 Å². The van der Waals surface area contributed by atoms with Crippen molar-refractivity contribution in [3.05, 3.63) is 52.8 Å². The molecule has 0 radical (unpaired) electrons. The Morgan fingerprint density at radius 1 is 1.00 bits per heavy atom. The predicted molar refractivity (Wildman–Crippen MR) is 104 cm³/mol. The number of nitrogens with zero attached hydrogens (tertiary/aromatic N) is 4. The zero-order valence-corrected chi connectivity index (χ0v) is 16.1. The summed E-state index contributed by atoms with van der Waals surface area (Å²) in [5.74, 6) is 0.828. The average Bonchev–Trinajstić information content (AvgIpc) is 3.07. The molecule has 4 heterocycles. The molecule has 4 aliphatic rings. The van der Waals surface area contributed by atoms with E-state index in [9.17, 15) is 0 Å². The Morgan fingerprint density at radius 3 is 2.46 bits per heavy atom. The van der Waals surface area contributed by atoms with E-state index in [1.807, 2.05) is 11.7 Å². The van der Waals surface area contributed by atoms with Crippen LogP contribution in [0.2, 0.25) is 0 Å². The molecule has 138 valence electrons. The smallest absolute Gasteiger partial charge is 0.0537 e. The first-order valence-corrected chi connectivity index (χ1v) is 10.2. The second-order valence-corrected chi connectivity index (χ2v) is 8.69. The van der Waals surface area contributed by atoms with E-state index in [1.54, 1.807) is 11.1 Å². The Morgan fingerprint density at radius 2 is 1.77 bits per heavy atom. The minimum atomic E-state index is 0.706. The van der Waals surface area contributed by atoms with E-state index in [2.05, 4.69) is 52.3 Å². The van der Waals surface area contributed by atoms with Crippen LogP contribution in [0.5, 0.6) is 0 Å². The second-order valence-electron chi connectivity index (χ2n) is 8.69. The number of rotatable bonds is 3. The molecule has 0 saturated carbocycles. The quantitative estimate of drug-likeness (QED) is 0.851. The molecule has 0 amide bonds. The minimum absolute atomic E-state index is 0.706. The Balaban J connectivity index is 1.31. The van der Waals surface area contributed by atoms with Crippen molar-refractivity contribution in [2.45, 2.75) is 51.2 Å². The summed E-state index contributed by atoms with van der Waals surface area (Å²) in [7, 11) is 2.05. The van der Waals surface area contributed by atoms with E-state index < -0.39 is 0 Å². The van der Waals surface area contributed by atoms with Crippen LogP contribution in [-0.2, 0) is 26.4 Å². The lowest BCUT2D eigenvalue weighted by Gasteiger charge is -2.36. The van der Waals surface area contributed by atoms with Gasteiger partial charge in [-0.05, 0) is 49.7 Å². The molecular formula is C22H30N4. The average molecular weight is 351 g/mol. The third-order valence-electron chi connectivity index (χ3n) is 7.11. The lowest BCUT2D eigenvalue weighted by atomic mass is 9.94. The fourth-order valence-corrected chi connectivity index (χ4v) is 5.42. The molecule has 0 unspecified atom stereocenters. The molecule has 0 spiro atoms. The highest BCUT2D eigenvalue weighted by Crippen LogP contribution is 2.33. The standard InChI is InChI=1S/C22H30N4/c1-16-20(11-23-24(16)2)14-25-12-17-7-8-21(25)15-26(13-17)22-9-18-5-3-4-6-19(18)10-22/h3-6,11,17,21-22H,7-10,12-15H2,1-2H3/t17-,21-/m0/s1. The number of piperidine rings is 1. The molecule has 26 heavy (non-hydrogen) atoms. The van der Waals surface area contributed by atoms with Gasteiger partial charge in [-0.3, -0.25) is 14.5 Å². The van der Waals surface area contributed by atoms with Crippen LogP contribution in [0, 0.1) is 12.8 Å². The molecule has 6 rings (SSSR count). The topological polar surface area (TPSA) is 24.3 Å². The van der Waals surface area contributed by atoms with Crippen LogP contribution in [0.25, 0.3) is 0 Å². The third kappa shape index (κ3) is 2.89. The molecule has 2 atom stereocenters. The number of benzene rings is 1. The molecule has 4 heteroatoms. The van der Waals surface area contributed by atoms with Crippen molar-refractivity contribution in [1.82, 2.24) is 19.6 Å². The van der Waals surface area contributed by atoms with Crippen LogP contribution in [0.3, 0.4) is 0 Å². The normalized spacial score (nSPS) is 27.0. The molecule has 3 saturated heterocycles. The van der Waals surface area contributed by atoms with Crippen LogP contribution in [0.1, 0.15) is 35.2 Å². The van der Waals surface area contributed by atoms with E-state index in [4.69, 9.17) is 0 Å². The van der Waals surface area contributed by atoms with Gasteiger partial charge in [0.25, 0.3) is 0 Å². The lowest BCUT2D eigenvalue weighted by molar-refractivity contribution is 0.120. The van der Waals surface area contributed by atoms with Gasteiger partial charge in [0.15, 0.2) is 0 Å². The molecule has 1 aromatic heterocycles. The SMILES string of the molecule is Cc1c(CN2C[C@@H]3CC[C@H]2CN(C2Cc4ccccc4C2)C3)cnn1C. The molecule has 3 fully saturated rings. The Hall–Kier alpha value is -1.65. The molecule has 0 N–H and O–H groups in total. The summed E-state index contributed by atoms with van der Waals surface area (Å²) in [6.07, 6.45) is 7.33. The van der Waals surface area contributed by atoms with Gasteiger partial charge in [-0.15, -0.1) is 0 Å².